The number of carbonyl (C=O) groups excluding carboxylic acids is 1. The van der Waals surface area contributed by atoms with Gasteiger partial charge in [0.05, 0.1) is 34.9 Å². The van der Waals surface area contributed by atoms with Crippen LogP contribution in [0.15, 0.2) is 28.3 Å². The minimum absolute atomic E-state index is 0.0298. The number of amides is 1. The fourth-order valence-corrected chi connectivity index (χ4v) is 6.56. The summed E-state index contributed by atoms with van der Waals surface area (Å²) < 4.78 is 34.7. The van der Waals surface area contributed by atoms with Gasteiger partial charge in [-0.3, -0.25) is 4.79 Å². The maximum absolute atomic E-state index is 13.0. The number of hydrogen-bond acceptors (Lipinski definition) is 6. The van der Waals surface area contributed by atoms with E-state index in [1.807, 2.05) is 17.6 Å². The summed E-state index contributed by atoms with van der Waals surface area (Å²) in [6.07, 6.45) is 5.73. The monoisotopic (exact) mass is 466 g/mol. The Balaban J connectivity index is 1.49. The van der Waals surface area contributed by atoms with E-state index in [0.29, 0.717) is 50.2 Å². The lowest BCUT2D eigenvalue weighted by Gasteiger charge is -2.26. The van der Waals surface area contributed by atoms with Gasteiger partial charge >= 0.3 is 0 Å². The van der Waals surface area contributed by atoms with Crippen molar-refractivity contribution in [3.8, 4) is 0 Å². The molecule has 2 aliphatic rings. The topological polar surface area (TPSA) is 93.5 Å². The molecule has 0 spiro atoms. The van der Waals surface area contributed by atoms with Crippen LogP contribution < -0.4 is 5.32 Å². The van der Waals surface area contributed by atoms with Gasteiger partial charge in [-0.25, -0.2) is 13.4 Å². The van der Waals surface area contributed by atoms with E-state index in [1.54, 1.807) is 12.1 Å². The van der Waals surface area contributed by atoms with Gasteiger partial charge in [-0.1, -0.05) is 31.0 Å². The van der Waals surface area contributed by atoms with Crippen molar-refractivity contribution in [2.75, 3.05) is 32.1 Å². The van der Waals surface area contributed by atoms with E-state index in [1.165, 1.54) is 35.3 Å². The number of rotatable bonds is 7. The second-order valence-electron chi connectivity index (χ2n) is 8.00. The number of carbonyl (C=O) groups is 1. The molecule has 0 unspecified atom stereocenters. The van der Waals surface area contributed by atoms with E-state index in [-0.39, 0.29) is 10.8 Å². The van der Waals surface area contributed by atoms with Gasteiger partial charge in [0.25, 0.3) is 0 Å². The number of imidazole rings is 1. The number of fused-ring (bicyclic) bond motifs is 1. The van der Waals surface area contributed by atoms with Crippen LogP contribution in [0.1, 0.15) is 39.0 Å². The number of thioether (sulfide) groups is 1. The van der Waals surface area contributed by atoms with E-state index >= 15 is 0 Å². The summed E-state index contributed by atoms with van der Waals surface area (Å²) in [5.74, 6) is 0.334. The molecule has 2 aromatic rings. The fourth-order valence-electron chi connectivity index (χ4n) is 4.25. The second-order valence-corrected chi connectivity index (χ2v) is 10.9. The SMILES string of the molecule is CCn1c(SCC(=O)NC2CCCCC2)nc2cc(S(=O)(=O)N3CCOCC3)ccc21. The molecule has 1 aliphatic heterocycles. The maximum Gasteiger partial charge on any atom is 0.243 e. The van der Waals surface area contributed by atoms with E-state index in [9.17, 15) is 13.2 Å². The Labute approximate surface area is 187 Å². The summed E-state index contributed by atoms with van der Waals surface area (Å²) in [5, 5.41) is 3.87. The highest BCUT2D eigenvalue weighted by atomic mass is 32.2. The molecule has 1 saturated heterocycles. The zero-order valence-corrected chi connectivity index (χ0v) is 19.5. The third-order valence-electron chi connectivity index (χ3n) is 5.91. The Morgan fingerprint density at radius 3 is 2.68 bits per heavy atom. The Hall–Kier alpha value is -1.62. The number of aryl methyl sites for hydroxylation is 1. The van der Waals surface area contributed by atoms with Crippen molar-refractivity contribution in [3.05, 3.63) is 18.2 Å². The van der Waals surface area contributed by atoms with Crippen LogP contribution in [0.5, 0.6) is 0 Å². The zero-order valence-electron chi connectivity index (χ0n) is 17.9. The van der Waals surface area contributed by atoms with Gasteiger partial charge in [-0.15, -0.1) is 0 Å². The number of ether oxygens (including phenoxy) is 1. The van der Waals surface area contributed by atoms with Gasteiger partial charge in [-0.05, 0) is 38.0 Å². The van der Waals surface area contributed by atoms with Crippen LogP contribution >= 0.6 is 11.8 Å². The number of sulfonamides is 1. The molecule has 1 aliphatic carbocycles. The van der Waals surface area contributed by atoms with Crippen molar-refractivity contribution in [1.82, 2.24) is 19.2 Å². The lowest BCUT2D eigenvalue weighted by Crippen LogP contribution is -2.40. The average Bonchev–Trinajstić information content (AvgIpc) is 3.15. The minimum Gasteiger partial charge on any atom is -0.379 e. The first-order valence-electron chi connectivity index (χ1n) is 11.0. The lowest BCUT2D eigenvalue weighted by molar-refractivity contribution is -0.119. The zero-order chi connectivity index (χ0) is 21.8. The molecule has 170 valence electrons. The molecule has 1 saturated carbocycles. The molecule has 0 bridgehead atoms. The Bertz CT molecular complexity index is 1030. The molecule has 1 aromatic heterocycles. The molecule has 1 amide bonds. The highest BCUT2D eigenvalue weighted by Gasteiger charge is 2.27. The standard InChI is InChI=1S/C21H30N4O4S2/c1-2-25-19-9-8-17(31(27,28)24-10-12-29-13-11-24)14-18(19)23-21(25)30-15-20(26)22-16-6-4-3-5-7-16/h8-9,14,16H,2-7,10-13,15H2,1H3,(H,22,26). The Morgan fingerprint density at radius 1 is 1.23 bits per heavy atom. The van der Waals surface area contributed by atoms with Gasteiger partial charge in [0.2, 0.25) is 15.9 Å². The number of aromatic nitrogens is 2. The van der Waals surface area contributed by atoms with E-state index < -0.39 is 10.0 Å². The van der Waals surface area contributed by atoms with Crippen molar-refractivity contribution in [1.29, 1.82) is 0 Å². The normalized spacial score (nSPS) is 19.0. The number of nitrogens with one attached hydrogen (secondary N) is 1. The second kappa shape index (κ2) is 9.89. The van der Waals surface area contributed by atoms with Crippen LogP contribution in [0.3, 0.4) is 0 Å². The number of hydrogen-bond donors (Lipinski definition) is 1. The van der Waals surface area contributed by atoms with Gasteiger partial charge in [0.15, 0.2) is 5.16 Å². The molecule has 31 heavy (non-hydrogen) atoms. The third-order valence-corrected chi connectivity index (χ3v) is 8.78. The molecule has 1 N–H and O–H groups in total. The Kier molecular flexibility index (Phi) is 7.20. The van der Waals surface area contributed by atoms with E-state index in [4.69, 9.17) is 4.74 Å². The van der Waals surface area contributed by atoms with E-state index in [0.717, 1.165) is 23.5 Å². The van der Waals surface area contributed by atoms with Gasteiger partial charge in [0.1, 0.15) is 0 Å². The number of benzene rings is 1. The first kappa shape index (κ1) is 22.6. The molecular weight excluding hydrogens is 436 g/mol. The molecule has 4 rings (SSSR count). The largest absolute Gasteiger partial charge is 0.379 e. The smallest absolute Gasteiger partial charge is 0.243 e. The molecular formula is C21H30N4O4S2. The van der Waals surface area contributed by atoms with Crippen LogP contribution in [-0.2, 0) is 26.1 Å². The highest BCUT2D eigenvalue weighted by molar-refractivity contribution is 7.99. The molecule has 0 radical (unpaired) electrons. The maximum atomic E-state index is 13.0. The minimum atomic E-state index is -3.57. The first-order valence-corrected chi connectivity index (χ1v) is 13.4. The molecule has 2 fully saturated rings. The van der Waals surface area contributed by atoms with Crippen LogP contribution in [0.4, 0.5) is 0 Å². The first-order chi connectivity index (χ1) is 15.0. The van der Waals surface area contributed by atoms with Crippen LogP contribution in [0.2, 0.25) is 0 Å². The van der Waals surface area contributed by atoms with Crippen molar-refractivity contribution >= 4 is 38.7 Å². The van der Waals surface area contributed by atoms with Gasteiger partial charge < -0.3 is 14.6 Å². The van der Waals surface area contributed by atoms with Gasteiger partial charge in [-0.2, -0.15) is 4.31 Å². The molecule has 1 aromatic carbocycles. The predicted octanol–water partition coefficient (Wildman–Crippen LogP) is 2.62. The summed E-state index contributed by atoms with van der Waals surface area (Å²) in [6, 6.07) is 5.38. The fraction of sp³-hybridized carbons (Fsp3) is 0.619. The van der Waals surface area contributed by atoms with E-state index in [2.05, 4.69) is 10.3 Å². The van der Waals surface area contributed by atoms with Crippen molar-refractivity contribution < 1.29 is 17.9 Å². The van der Waals surface area contributed by atoms with Crippen LogP contribution in [0.25, 0.3) is 11.0 Å². The summed E-state index contributed by atoms with van der Waals surface area (Å²) >= 11 is 1.40. The summed E-state index contributed by atoms with van der Waals surface area (Å²) in [5.41, 5.74) is 1.50. The van der Waals surface area contributed by atoms with Crippen LogP contribution in [-0.4, -0.2) is 66.3 Å². The van der Waals surface area contributed by atoms with Gasteiger partial charge in [0, 0.05) is 25.7 Å². The quantitative estimate of drug-likeness (QED) is 0.631. The molecule has 8 nitrogen and oxygen atoms in total. The van der Waals surface area contributed by atoms with Crippen molar-refractivity contribution in [2.24, 2.45) is 0 Å². The van der Waals surface area contributed by atoms with Crippen molar-refractivity contribution in [3.63, 3.8) is 0 Å². The summed E-state index contributed by atoms with van der Waals surface area (Å²) in [7, 11) is -3.57. The summed E-state index contributed by atoms with van der Waals surface area (Å²) in [6.45, 7) is 4.26. The number of morpholine rings is 1. The lowest BCUT2D eigenvalue weighted by atomic mass is 9.95. The average molecular weight is 467 g/mol. The molecule has 0 atom stereocenters. The van der Waals surface area contributed by atoms with Crippen molar-refractivity contribution in [2.45, 2.75) is 61.7 Å². The molecule has 2 heterocycles. The predicted molar refractivity (Wildman–Crippen MR) is 121 cm³/mol. The number of nitrogens with zero attached hydrogens (tertiary/aromatic N) is 3. The highest BCUT2D eigenvalue weighted by Crippen LogP contribution is 2.27. The molecule has 10 heteroatoms. The summed E-state index contributed by atoms with van der Waals surface area (Å²) in [4.78, 5) is 17.3. The Morgan fingerprint density at radius 2 is 1.97 bits per heavy atom. The van der Waals surface area contributed by atoms with Crippen LogP contribution in [0, 0.1) is 0 Å². The third kappa shape index (κ3) is 5.08.